The minimum absolute atomic E-state index is 0.264. The average Bonchev–Trinajstić information content (AvgIpc) is 3.39. The maximum atomic E-state index is 13.5. The van der Waals surface area contributed by atoms with Gasteiger partial charge in [0.25, 0.3) is 0 Å². The Morgan fingerprint density at radius 1 is 0.857 bits per heavy atom. The van der Waals surface area contributed by atoms with Gasteiger partial charge >= 0.3 is 0 Å². The van der Waals surface area contributed by atoms with Crippen LogP contribution in [0.3, 0.4) is 0 Å². The van der Waals surface area contributed by atoms with Crippen molar-refractivity contribution in [1.29, 1.82) is 0 Å². The lowest BCUT2D eigenvalue weighted by atomic mass is 10.0. The molecule has 1 aliphatic rings. The van der Waals surface area contributed by atoms with E-state index in [9.17, 15) is 4.39 Å². The van der Waals surface area contributed by atoms with E-state index >= 15 is 0 Å². The highest BCUT2D eigenvalue weighted by molar-refractivity contribution is 5.61. The molecule has 0 unspecified atom stereocenters. The summed E-state index contributed by atoms with van der Waals surface area (Å²) in [6.07, 6.45) is 0.952. The molecule has 0 spiro atoms. The van der Waals surface area contributed by atoms with Gasteiger partial charge in [0.15, 0.2) is 0 Å². The fourth-order valence-corrected chi connectivity index (χ4v) is 3.78. The summed E-state index contributed by atoms with van der Waals surface area (Å²) < 4.78 is 19.6. The predicted octanol–water partition coefficient (Wildman–Crippen LogP) is 5.03. The molecule has 3 aromatic carbocycles. The Labute approximate surface area is 162 Å². The third-order valence-corrected chi connectivity index (χ3v) is 5.12. The number of hydrogen-bond acceptors (Lipinski definition) is 4. The standard InChI is InChI=1S/C23H18FN3O/c24-19-12-10-17(11-13-19)21(27-15-14-16-6-4-5-9-20(16)27)23-26-25-22(28-23)18-7-2-1-3-8-18/h1-13,21H,14-15H2/t21-/m1/s1. The van der Waals surface area contributed by atoms with Crippen LogP contribution in [0.15, 0.2) is 83.3 Å². The lowest BCUT2D eigenvalue weighted by molar-refractivity contribution is 0.471. The second-order valence-corrected chi connectivity index (χ2v) is 6.84. The molecule has 0 aliphatic carbocycles. The molecule has 2 heterocycles. The van der Waals surface area contributed by atoms with Crippen molar-refractivity contribution in [2.45, 2.75) is 12.5 Å². The minimum atomic E-state index is -0.269. The Balaban J connectivity index is 1.60. The third-order valence-electron chi connectivity index (χ3n) is 5.12. The van der Waals surface area contributed by atoms with E-state index in [1.807, 2.05) is 36.4 Å². The molecule has 4 nitrogen and oxygen atoms in total. The SMILES string of the molecule is Fc1ccc([C@H](c2nnc(-c3ccccc3)o2)N2CCc3ccccc32)cc1. The van der Waals surface area contributed by atoms with E-state index in [1.54, 1.807) is 12.1 Å². The number of hydrogen-bond donors (Lipinski definition) is 0. The van der Waals surface area contributed by atoms with Crippen LogP contribution in [-0.2, 0) is 6.42 Å². The molecule has 1 aromatic heterocycles. The summed E-state index contributed by atoms with van der Waals surface area (Å²) in [5, 5.41) is 8.62. The zero-order chi connectivity index (χ0) is 18.9. The summed E-state index contributed by atoms with van der Waals surface area (Å²) in [4.78, 5) is 2.25. The van der Waals surface area contributed by atoms with Crippen molar-refractivity contribution in [3.05, 3.63) is 102 Å². The molecular weight excluding hydrogens is 353 g/mol. The summed E-state index contributed by atoms with van der Waals surface area (Å²) in [6, 6.07) is 24.3. The van der Waals surface area contributed by atoms with Gasteiger partial charge in [-0.2, -0.15) is 0 Å². The smallest absolute Gasteiger partial charge is 0.247 e. The van der Waals surface area contributed by atoms with Crippen molar-refractivity contribution >= 4 is 5.69 Å². The van der Waals surface area contributed by atoms with Crippen molar-refractivity contribution in [3.63, 3.8) is 0 Å². The largest absolute Gasteiger partial charge is 0.418 e. The maximum absolute atomic E-state index is 13.5. The molecule has 0 saturated carbocycles. The summed E-state index contributed by atoms with van der Waals surface area (Å²) in [7, 11) is 0. The highest BCUT2D eigenvalue weighted by Gasteiger charge is 2.32. The van der Waals surface area contributed by atoms with Crippen molar-refractivity contribution in [3.8, 4) is 11.5 Å². The average molecular weight is 371 g/mol. The molecule has 1 aliphatic heterocycles. The summed E-state index contributed by atoms with van der Waals surface area (Å²) in [6.45, 7) is 0.838. The van der Waals surface area contributed by atoms with Gasteiger partial charge in [0.2, 0.25) is 11.8 Å². The van der Waals surface area contributed by atoms with Crippen LogP contribution in [0, 0.1) is 5.82 Å². The normalized spacial score (nSPS) is 14.1. The molecule has 0 radical (unpaired) electrons. The number of fused-ring (bicyclic) bond motifs is 1. The lowest BCUT2D eigenvalue weighted by Crippen LogP contribution is -2.28. The molecule has 0 amide bonds. The zero-order valence-corrected chi connectivity index (χ0v) is 15.1. The van der Waals surface area contributed by atoms with E-state index in [2.05, 4.69) is 33.3 Å². The third kappa shape index (κ3) is 2.95. The number of halogens is 1. The number of aromatic nitrogens is 2. The molecule has 138 valence electrons. The minimum Gasteiger partial charge on any atom is -0.418 e. The Hall–Kier alpha value is -3.47. The molecule has 5 heteroatoms. The van der Waals surface area contributed by atoms with Crippen molar-refractivity contribution < 1.29 is 8.81 Å². The van der Waals surface area contributed by atoms with Crippen molar-refractivity contribution in [1.82, 2.24) is 10.2 Å². The predicted molar refractivity (Wildman–Crippen MR) is 105 cm³/mol. The molecule has 0 N–H and O–H groups in total. The van der Waals surface area contributed by atoms with Gasteiger partial charge in [-0.05, 0) is 47.9 Å². The van der Waals surface area contributed by atoms with Crippen LogP contribution in [0.4, 0.5) is 10.1 Å². The Morgan fingerprint density at radius 2 is 1.61 bits per heavy atom. The highest BCUT2D eigenvalue weighted by atomic mass is 19.1. The van der Waals surface area contributed by atoms with Crippen molar-refractivity contribution in [2.24, 2.45) is 0 Å². The van der Waals surface area contributed by atoms with E-state index in [-0.39, 0.29) is 11.9 Å². The molecular formula is C23H18FN3O. The Bertz CT molecular complexity index is 1090. The molecule has 4 aromatic rings. The van der Waals surface area contributed by atoms with Gasteiger partial charge in [0, 0.05) is 17.8 Å². The fraction of sp³-hybridized carbons (Fsp3) is 0.130. The van der Waals surface area contributed by atoms with E-state index in [0.717, 1.165) is 29.8 Å². The monoisotopic (exact) mass is 371 g/mol. The first-order valence-electron chi connectivity index (χ1n) is 9.28. The molecule has 28 heavy (non-hydrogen) atoms. The fourth-order valence-electron chi connectivity index (χ4n) is 3.78. The number of rotatable bonds is 4. The summed E-state index contributed by atoms with van der Waals surface area (Å²) in [5.74, 6) is 0.720. The van der Waals surface area contributed by atoms with Gasteiger partial charge < -0.3 is 9.32 Å². The number of benzene rings is 3. The van der Waals surface area contributed by atoms with Crippen LogP contribution in [-0.4, -0.2) is 16.7 Å². The maximum Gasteiger partial charge on any atom is 0.247 e. The van der Waals surface area contributed by atoms with E-state index < -0.39 is 0 Å². The molecule has 1 atom stereocenters. The number of para-hydroxylation sites is 1. The second-order valence-electron chi connectivity index (χ2n) is 6.84. The van der Waals surface area contributed by atoms with Crippen molar-refractivity contribution in [2.75, 3.05) is 11.4 Å². The molecule has 5 rings (SSSR count). The van der Waals surface area contributed by atoms with E-state index in [4.69, 9.17) is 4.42 Å². The first-order valence-corrected chi connectivity index (χ1v) is 9.28. The van der Waals surface area contributed by atoms with E-state index in [1.165, 1.54) is 17.7 Å². The Kier molecular flexibility index (Phi) is 4.13. The van der Waals surface area contributed by atoms with Gasteiger partial charge in [0.1, 0.15) is 11.9 Å². The molecule has 0 saturated heterocycles. The van der Waals surface area contributed by atoms with Crippen LogP contribution >= 0.6 is 0 Å². The quantitative estimate of drug-likeness (QED) is 0.505. The molecule has 0 fully saturated rings. The summed E-state index contributed by atoms with van der Waals surface area (Å²) in [5.41, 5.74) is 4.23. The first kappa shape index (κ1) is 16.7. The Morgan fingerprint density at radius 3 is 2.43 bits per heavy atom. The number of nitrogens with zero attached hydrogens (tertiary/aromatic N) is 3. The topological polar surface area (TPSA) is 42.2 Å². The van der Waals surface area contributed by atoms with Crippen LogP contribution in [0.25, 0.3) is 11.5 Å². The highest BCUT2D eigenvalue weighted by Crippen LogP contribution is 2.38. The number of anilines is 1. The van der Waals surface area contributed by atoms with Gasteiger partial charge in [0.05, 0.1) is 0 Å². The van der Waals surface area contributed by atoms with Crippen LogP contribution in [0.1, 0.15) is 23.1 Å². The molecule has 0 bridgehead atoms. The second kappa shape index (κ2) is 6.93. The van der Waals surface area contributed by atoms with E-state index in [0.29, 0.717) is 11.8 Å². The van der Waals surface area contributed by atoms with Gasteiger partial charge in [-0.15, -0.1) is 10.2 Å². The van der Waals surface area contributed by atoms with Crippen LogP contribution in [0.2, 0.25) is 0 Å². The summed E-state index contributed by atoms with van der Waals surface area (Å²) >= 11 is 0. The van der Waals surface area contributed by atoms with Gasteiger partial charge in [-0.1, -0.05) is 48.5 Å². The lowest BCUT2D eigenvalue weighted by Gasteiger charge is -2.28. The first-order chi connectivity index (χ1) is 13.8. The van der Waals surface area contributed by atoms with Gasteiger partial charge in [-0.3, -0.25) is 0 Å². The van der Waals surface area contributed by atoms with Crippen LogP contribution in [0.5, 0.6) is 0 Å². The van der Waals surface area contributed by atoms with Crippen LogP contribution < -0.4 is 4.90 Å². The zero-order valence-electron chi connectivity index (χ0n) is 15.1. The van der Waals surface area contributed by atoms with Gasteiger partial charge in [-0.25, -0.2) is 4.39 Å².